The van der Waals surface area contributed by atoms with E-state index < -0.39 is 5.97 Å². The summed E-state index contributed by atoms with van der Waals surface area (Å²) in [4.78, 5) is 22.9. The molecule has 5 heteroatoms. The lowest BCUT2D eigenvalue weighted by Gasteiger charge is -2.07. The van der Waals surface area contributed by atoms with Crippen LogP contribution in [0.5, 0.6) is 0 Å². The van der Waals surface area contributed by atoms with E-state index in [4.69, 9.17) is 4.74 Å². The third kappa shape index (κ3) is 2.54. The van der Waals surface area contributed by atoms with Crippen LogP contribution in [0.15, 0.2) is 30.5 Å². The van der Waals surface area contributed by atoms with Crippen molar-refractivity contribution in [1.29, 1.82) is 0 Å². The number of ether oxygens (including phenoxy) is 1. The Morgan fingerprint density at radius 2 is 2.05 bits per heavy atom. The topological polar surface area (TPSA) is 61.2 Å². The fourth-order valence-corrected chi connectivity index (χ4v) is 1.73. The molecule has 0 atom stereocenters. The van der Waals surface area contributed by atoms with Crippen molar-refractivity contribution in [2.24, 2.45) is 0 Å². The summed E-state index contributed by atoms with van der Waals surface area (Å²) in [6.07, 6.45) is 1.96. The Morgan fingerprint density at radius 1 is 1.37 bits per heavy atom. The van der Waals surface area contributed by atoms with Gasteiger partial charge >= 0.3 is 5.97 Å². The monoisotopic (exact) mass is 258 g/mol. The van der Waals surface area contributed by atoms with E-state index in [1.165, 1.54) is 10.9 Å². The van der Waals surface area contributed by atoms with E-state index in [1.807, 2.05) is 31.2 Å². The van der Waals surface area contributed by atoms with Gasteiger partial charge in [0.15, 0.2) is 12.0 Å². The molecule has 5 nitrogen and oxygen atoms in total. The van der Waals surface area contributed by atoms with Crippen LogP contribution in [0.25, 0.3) is 5.69 Å². The first-order valence-corrected chi connectivity index (χ1v) is 5.94. The molecule has 0 saturated carbocycles. The number of hydrogen-bond acceptors (Lipinski definition) is 4. The number of carbonyl (C=O) groups is 2. The highest BCUT2D eigenvalue weighted by atomic mass is 16.5. The molecule has 1 heterocycles. The van der Waals surface area contributed by atoms with Gasteiger partial charge in [0.1, 0.15) is 0 Å². The average molecular weight is 258 g/mol. The van der Waals surface area contributed by atoms with Crippen molar-refractivity contribution in [2.75, 3.05) is 6.61 Å². The van der Waals surface area contributed by atoms with Gasteiger partial charge in [0.25, 0.3) is 0 Å². The molecule has 1 aromatic carbocycles. The van der Waals surface area contributed by atoms with Crippen molar-refractivity contribution in [1.82, 2.24) is 9.78 Å². The van der Waals surface area contributed by atoms with Crippen LogP contribution in [0.3, 0.4) is 0 Å². The van der Waals surface area contributed by atoms with Crippen LogP contribution in [-0.2, 0) is 4.74 Å². The maximum absolute atomic E-state index is 11.9. The predicted molar refractivity (Wildman–Crippen MR) is 69.6 cm³/mol. The zero-order valence-electron chi connectivity index (χ0n) is 10.8. The maximum Gasteiger partial charge on any atom is 0.357 e. The van der Waals surface area contributed by atoms with Crippen LogP contribution in [0.1, 0.15) is 33.3 Å². The molecular weight excluding hydrogens is 244 g/mol. The van der Waals surface area contributed by atoms with Gasteiger partial charge in [-0.3, -0.25) is 4.79 Å². The molecule has 0 radical (unpaired) electrons. The number of carbonyl (C=O) groups excluding carboxylic acids is 2. The SMILES string of the molecule is CCOC(=O)c1c(C=O)cnn1-c1ccc(C)cc1. The first kappa shape index (κ1) is 13.0. The number of esters is 1. The molecule has 0 N–H and O–H groups in total. The molecule has 0 spiro atoms. The van der Waals surface area contributed by atoms with Crippen molar-refractivity contribution in [3.8, 4) is 5.69 Å². The molecular formula is C14H14N2O3. The molecule has 0 fully saturated rings. The lowest BCUT2D eigenvalue weighted by Crippen LogP contribution is -2.13. The summed E-state index contributed by atoms with van der Waals surface area (Å²) in [7, 11) is 0. The number of aromatic nitrogens is 2. The van der Waals surface area contributed by atoms with Crippen LogP contribution in [0.4, 0.5) is 0 Å². The molecule has 1 aromatic heterocycles. The molecule has 2 aromatic rings. The Morgan fingerprint density at radius 3 is 2.63 bits per heavy atom. The Bertz CT molecular complexity index is 600. The summed E-state index contributed by atoms with van der Waals surface area (Å²) >= 11 is 0. The number of aldehydes is 1. The van der Waals surface area contributed by atoms with E-state index in [9.17, 15) is 9.59 Å². The van der Waals surface area contributed by atoms with Crippen molar-refractivity contribution < 1.29 is 14.3 Å². The fourth-order valence-electron chi connectivity index (χ4n) is 1.73. The number of rotatable bonds is 4. The van der Waals surface area contributed by atoms with Gasteiger partial charge in [-0.15, -0.1) is 0 Å². The first-order chi connectivity index (χ1) is 9.17. The smallest absolute Gasteiger partial charge is 0.357 e. The van der Waals surface area contributed by atoms with Crippen LogP contribution >= 0.6 is 0 Å². The Kier molecular flexibility index (Phi) is 3.75. The Labute approximate surface area is 110 Å². The van der Waals surface area contributed by atoms with Crippen LogP contribution in [0, 0.1) is 6.92 Å². The molecule has 0 bridgehead atoms. The fraction of sp³-hybridized carbons (Fsp3) is 0.214. The van der Waals surface area contributed by atoms with Crippen LogP contribution < -0.4 is 0 Å². The van der Waals surface area contributed by atoms with Gasteiger partial charge in [-0.25, -0.2) is 9.48 Å². The standard InChI is InChI=1S/C14H14N2O3/c1-3-19-14(18)13-11(9-17)8-15-16(13)12-6-4-10(2)5-7-12/h4-9H,3H2,1-2H3. The number of benzene rings is 1. The minimum atomic E-state index is -0.553. The van der Waals surface area contributed by atoms with Gasteiger partial charge in [0.2, 0.25) is 0 Å². The van der Waals surface area contributed by atoms with Gasteiger partial charge in [0.05, 0.1) is 24.1 Å². The summed E-state index contributed by atoms with van der Waals surface area (Å²) in [6.45, 7) is 3.93. The molecule has 0 saturated heterocycles. The molecule has 0 aliphatic carbocycles. The Balaban J connectivity index is 2.51. The Hall–Kier alpha value is -2.43. The van der Waals surface area contributed by atoms with Gasteiger partial charge in [-0.2, -0.15) is 5.10 Å². The first-order valence-electron chi connectivity index (χ1n) is 5.94. The molecule has 0 unspecified atom stereocenters. The van der Waals surface area contributed by atoms with Crippen molar-refractivity contribution in [3.63, 3.8) is 0 Å². The average Bonchev–Trinajstić information content (AvgIpc) is 2.83. The summed E-state index contributed by atoms with van der Waals surface area (Å²) in [6, 6.07) is 7.48. The van der Waals surface area contributed by atoms with Crippen LogP contribution in [-0.4, -0.2) is 28.6 Å². The molecule has 98 valence electrons. The minimum Gasteiger partial charge on any atom is -0.461 e. The second-order valence-electron chi connectivity index (χ2n) is 4.03. The summed E-state index contributed by atoms with van der Waals surface area (Å²) in [5.74, 6) is -0.553. The largest absolute Gasteiger partial charge is 0.461 e. The number of nitrogens with zero attached hydrogens (tertiary/aromatic N) is 2. The highest BCUT2D eigenvalue weighted by Gasteiger charge is 2.20. The highest BCUT2D eigenvalue weighted by Crippen LogP contribution is 2.15. The lowest BCUT2D eigenvalue weighted by atomic mass is 10.2. The molecule has 2 rings (SSSR count). The number of aryl methyl sites for hydroxylation is 1. The normalized spacial score (nSPS) is 10.2. The van der Waals surface area contributed by atoms with Gasteiger partial charge < -0.3 is 4.74 Å². The van der Waals surface area contributed by atoms with Gasteiger partial charge in [-0.1, -0.05) is 17.7 Å². The van der Waals surface area contributed by atoms with E-state index in [1.54, 1.807) is 6.92 Å². The third-order valence-electron chi connectivity index (χ3n) is 2.67. The quantitative estimate of drug-likeness (QED) is 0.623. The minimum absolute atomic E-state index is 0.153. The van der Waals surface area contributed by atoms with E-state index in [2.05, 4.69) is 5.10 Å². The second-order valence-corrected chi connectivity index (χ2v) is 4.03. The van der Waals surface area contributed by atoms with E-state index in [0.29, 0.717) is 12.0 Å². The summed E-state index contributed by atoms with van der Waals surface area (Å²) < 4.78 is 6.37. The predicted octanol–water partition coefficient (Wildman–Crippen LogP) is 2.17. The zero-order chi connectivity index (χ0) is 13.8. The van der Waals surface area contributed by atoms with E-state index in [-0.39, 0.29) is 17.9 Å². The molecule has 0 aliphatic heterocycles. The van der Waals surface area contributed by atoms with Crippen molar-refractivity contribution in [3.05, 3.63) is 47.3 Å². The molecule has 0 amide bonds. The van der Waals surface area contributed by atoms with E-state index >= 15 is 0 Å². The number of hydrogen-bond donors (Lipinski definition) is 0. The zero-order valence-corrected chi connectivity index (χ0v) is 10.8. The second kappa shape index (κ2) is 5.48. The van der Waals surface area contributed by atoms with Crippen molar-refractivity contribution in [2.45, 2.75) is 13.8 Å². The van der Waals surface area contributed by atoms with Crippen molar-refractivity contribution >= 4 is 12.3 Å². The van der Waals surface area contributed by atoms with Gasteiger partial charge in [-0.05, 0) is 26.0 Å². The van der Waals surface area contributed by atoms with E-state index in [0.717, 1.165) is 5.56 Å². The summed E-state index contributed by atoms with van der Waals surface area (Å²) in [5.41, 5.74) is 2.19. The lowest BCUT2D eigenvalue weighted by molar-refractivity contribution is 0.0513. The molecule has 19 heavy (non-hydrogen) atoms. The third-order valence-corrected chi connectivity index (χ3v) is 2.67. The summed E-state index contributed by atoms with van der Waals surface area (Å²) in [5, 5.41) is 4.07. The maximum atomic E-state index is 11.9. The van der Waals surface area contributed by atoms with Crippen LogP contribution in [0.2, 0.25) is 0 Å². The van der Waals surface area contributed by atoms with Gasteiger partial charge in [0, 0.05) is 0 Å². The highest BCUT2D eigenvalue weighted by molar-refractivity contribution is 5.97. The molecule has 0 aliphatic rings.